The summed E-state index contributed by atoms with van der Waals surface area (Å²) in [5.41, 5.74) is 1.91. The van der Waals surface area contributed by atoms with Gasteiger partial charge in [-0.3, -0.25) is 4.79 Å². The van der Waals surface area contributed by atoms with E-state index in [4.69, 9.17) is 30.5 Å². The molecule has 2 aromatic carbocycles. The predicted octanol–water partition coefficient (Wildman–Crippen LogP) is 0.910. The van der Waals surface area contributed by atoms with E-state index in [0.29, 0.717) is 42.5 Å². The summed E-state index contributed by atoms with van der Waals surface area (Å²) >= 11 is 6.06. The van der Waals surface area contributed by atoms with Crippen LogP contribution in [0.1, 0.15) is 11.1 Å². The van der Waals surface area contributed by atoms with E-state index < -0.39 is 36.7 Å². The maximum Gasteiger partial charge on any atom is 0.335 e. The van der Waals surface area contributed by atoms with Gasteiger partial charge in [-0.2, -0.15) is 0 Å². The number of carboxylic acid groups (broad SMARTS) is 1. The first-order valence-electron chi connectivity index (χ1n) is 11.8. The Hall–Kier alpha value is -3.19. The van der Waals surface area contributed by atoms with E-state index in [9.17, 15) is 30.0 Å². The number of morpholine rings is 1. The Morgan fingerprint density at radius 3 is 2.26 bits per heavy atom. The maximum atomic E-state index is 13.1. The van der Waals surface area contributed by atoms with E-state index >= 15 is 0 Å². The molecule has 0 aliphatic carbocycles. The van der Waals surface area contributed by atoms with Crippen molar-refractivity contribution < 1.29 is 49.0 Å². The first kappa shape index (κ1) is 27.8. The van der Waals surface area contributed by atoms with Crippen molar-refractivity contribution in [3.63, 3.8) is 0 Å². The second kappa shape index (κ2) is 12.1. The largest absolute Gasteiger partial charge is 0.493 e. The lowest BCUT2D eigenvalue weighted by molar-refractivity contribution is -0.271. The fraction of sp³-hybridized carbons (Fsp3) is 0.385. The summed E-state index contributed by atoms with van der Waals surface area (Å²) in [4.78, 5) is 26.2. The molecule has 4 rings (SSSR count). The van der Waals surface area contributed by atoms with E-state index in [1.165, 1.54) is 19.3 Å². The number of halogens is 1. The standard InChI is InChI=1S/C26H28ClNO10/c1-35-19-12-15(4-7-18(19)37-26-23(32)21(30)22(31)24(38-26)25(33)34)17(14-2-5-16(27)6-3-14)13-20(29)28-8-10-36-11-9-28/h2-7,12-13,21-24,26,30-32H,8-11H2,1H3,(H,33,34)/t21-,22-,23+,24-,26+/m0/s1. The van der Waals surface area contributed by atoms with Crippen LogP contribution in [0, 0.1) is 0 Å². The normalized spacial score (nSPS) is 26.1. The third-order valence-electron chi connectivity index (χ3n) is 6.28. The van der Waals surface area contributed by atoms with Crippen LogP contribution in [0.4, 0.5) is 0 Å². The molecule has 0 radical (unpaired) electrons. The average molecular weight is 550 g/mol. The monoisotopic (exact) mass is 549 g/mol. The zero-order valence-electron chi connectivity index (χ0n) is 20.4. The summed E-state index contributed by atoms with van der Waals surface area (Å²) in [6.45, 7) is 1.86. The van der Waals surface area contributed by atoms with Crippen molar-refractivity contribution in [2.24, 2.45) is 0 Å². The molecule has 2 aliphatic rings. The van der Waals surface area contributed by atoms with Crippen LogP contribution in [0.3, 0.4) is 0 Å². The number of aliphatic hydroxyl groups excluding tert-OH is 3. The Kier molecular flexibility index (Phi) is 8.87. The number of methoxy groups -OCH3 is 1. The lowest BCUT2D eigenvalue weighted by atomic mass is 9.96. The Morgan fingerprint density at radius 2 is 1.63 bits per heavy atom. The van der Waals surface area contributed by atoms with Crippen LogP contribution in [0.25, 0.3) is 5.57 Å². The Labute approximate surface area is 223 Å². The van der Waals surface area contributed by atoms with Gasteiger partial charge in [-0.25, -0.2) is 4.79 Å². The van der Waals surface area contributed by atoms with Gasteiger partial charge in [0.05, 0.1) is 20.3 Å². The third-order valence-corrected chi connectivity index (χ3v) is 6.53. The first-order valence-corrected chi connectivity index (χ1v) is 12.2. The number of hydrogen-bond acceptors (Lipinski definition) is 9. The highest BCUT2D eigenvalue weighted by atomic mass is 35.5. The summed E-state index contributed by atoms with van der Waals surface area (Å²) in [6, 6.07) is 11.7. The second-order valence-corrected chi connectivity index (χ2v) is 9.16. The van der Waals surface area contributed by atoms with Crippen molar-refractivity contribution in [1.29, 1.82) is 0 Å². The molecule has 2 aliphatic heterocycles. The van der Waals surface area contributed by atoms with Crippen molar-refractivity contribution in [3.8, 4) is 11.5 Å². The highest BCUT2D eigenvalue weighted by molar-refractivity contribution is 6.30. The molecule has 2 heterocycles. The van der Waals surface area contributed by atoms with Gasteiger partial charge in [0.25, 0.3) is 0 Å². The molecular weight excluding hydrogens is 522 g/mol. The van der Waals surface area contributed by atoms with Gasteiger partial charge < -0.3 is 44.3 Å². The van der Waals surface area contributed by atoms with Crippen LogP contribution >= 0.6 is 11.6 Å². The number of benzene rings is 2. The maximum absolute atomic E-state index is 13.1. The molecule has 2 fully saturated rings. The molecule has 1 amide bonds. The molecule has 2 aromatic rings. The molecule has 5 atom stereocenters. The summed E-state index contributed by atoms with van der Waals surface area (Å²) in [7, 11) is 1.38. The lowest BCUT2D eigenvalue weighted by Crippen LogP contribution is -2.61. The van der Waals surface area contributed by atoms with E-state index in [1.54, 1.807) is 41.3 Å². The molecule has 4 N–H and O–H groups in total. The highest BCUT2D eigenvalue weighted by Gasteiger charge is 2.48. The molecule has 38 heavy (non-hydrogen) atoms. The summed E-state index contributed by atoms with van der Waals surface area (Å²) in [6.07, 6.45) is -7.29. The minimum Gasteiger partial charge on any atom is -0.493 e. The van der Waals surface area contributed by atoms with Crippen LogP contribution < -0.4 is 9.47 Å². The van der Waals surface area contributed by atoms with Crippen LogP contribution in [-0.4, -0.2) is 101 Å². The number of aliphatic hydroxyl groups is 3. The number of carbonyl (C=O) groups is 2. The van der Waals surface area contributed by atoms with Crippen molar-refractivity contribution in [3.05, 3.63) is 64.7 Å². The number of hydrogen-bond donors (Lipinski definition) is 4. The summed E-state index contributed by atoms with van der Waals surface area (Å²) in [5, 5.41) is 40.1. The van der Waals surface area contributed by atoms with E-state index in [2.05, 4.69) is 0 Å². The number of rotatable bonds is 7. The molecule has 0 saturated carbocycles. The number of ether oxygens (including phenoxy) is 4. The van der Waals surface area contributed by atoms with Crippen molar-refractivity contribution in [2.75, 3.05) is 33.4 Å². The molecule has 0 spiro atoms. The van der Waals surface area contributed by atoms with Gasteiger partial charge in [0.15, 0.2) is 17.6 Å². The molecule has 0 unspecified atom stereocenters. The van der Waals surface area contributed by atoms with E-state index in [1.807, 2.05) is 0 Å². The SMILES string of the molecule is COc1cc(C(=CC(=O)N2CCOCC2)c2ccc(Cl)cc2)ccc1O[C@@H]1O[C@H](C(=O)O)[C@@H](O)[C@H](O)[C@H]1O. The molecule has 2 saturated heterocycles. The van der Waals surface area contributed by atoms with Crippen LogP contribution in [-0.2, 0) is 19.1 Å². The van der Waals surface area contributed by atoms with Crippen LogP contribution in [0.15, 0.2) is 48.5 Å². The van der Waals surface area contributed by atoms with Gasteiger partial charge in [0.1, 0.15) is 18.3 Å². The van der Waals surface area contributed by atoms with Gasteiger partial charge in [0, 0.05) is 24.2 Å². The van der Waals surface area contributed by atoms with E-state index in [0.717, 1.165) is 5.56 Å². The van der Waals surface area contributed by atoms with Gasteiger partial charge in [-0.15, -0.1) is 0 Å². The number of nitrogens with zero attached hydrogens (tertiary/aromatic N) is 1. The van der Waals surface area contributed by atoms with Crippen molar-refractivity contribution in [1.82, 2.24) is 4.90 Å². The number of aliphatic carboxylic acids is 1. The zero-order valence-corrected chi connectivity index (χ0v) is 21.2. The minimum atomic E-state index is -1.84. The molecule has 12 heteroatoms. The fourth-order valence-electron chi connectivity index (χ4n) is 4.17. The molecular formula is C26H28ClNO10. The van der Waals surface area contributed by atoms with Crippen molar-refractivity contribution in [2.45, 2.75) is 30.7 Å². The van der Waals surface area contributed by atoms with Crippen LogP contribution in [0.2, 0.25) is 5.02 Å². The Balaban J connectivity index is 1.66. The number of carboxylic acids is 1. The quantitative estimate of drug-likeness (QED) is 0.366. The molecule has 11 nitrogen and oxygen atoms in total. The topological polar surface area (TPSA) is 155 Å². The first-order chi connectivity index (χ1) is 18.2. The smallest absolute Gasteiger partial charge is 0.335 e. The highest BCUT2D eigenvalue weighted by Crippen LogP contribution is 2.35. The lowest BCUT2D eigenvalue weighted by Gasteiger charge is -2.38. The van der Waals surface area contributed by atoms with E-state index in [-0.39, 0.29) is 17.4 Å². The minimum absolute atomic E-state index is 0.0722. The zero-order chi connectivity index (χ0) is 27.4. The van der Waals surface area contributed by atoms with Gasteiger partial charge in [0.2, 0.25) is 12.2 Å². The van der Waals surface area contributed by atoms with Gasteiger partial charge >= 0.3 is 5.97 Å². The number of amides is 1. The molecule has 0 bridgehead atoms. The second-order valence-electron chi connectivity index (χ2n) is 8.72. The molecule has 204 valence electrons. The third kappa shape index (κ3) is 6.09. The summed E-state index contributed by atoms with van der Waals surface area (Å²) < 4.78 is 21.7. The van der Waals surface area contributed by atoms with Gasteiger partial charge in [-0.05, 0) is 41.0 Å². The van der Waals surface area contributed by atoms with Crippen LogP contribution in [0.5, 0.6) is 11.5 Å². The average Bonchev–Trinajstić information content (AvgIpc) is 2.93. The predicted molar refractivity (Wildman–Crippen MR) is 134 cm³/mol. The fourth-order valence-corrected chi connectivity index (χ4v) is 4.29. The van der Waals surface area contributed by atoms with Crippen molar-refractivity contribution >= 4 is 29.1 Å². The summed E-state index contributed by atoms with van der Waals surface area (Å²) in [5.74, 6) is -1.46. The Bertz CT molecular complexity index is 1180. The molecule has 0 aromatic heterocycles. The number of carbonyl (C=O) groups excluding carboxylic acids is 1. The van der Waals surface area contributed by atoms with Gasteiger partial charge in [-0.1, -0.05) is 29.8 Å². The Morgan fingerprint density at radius 1 is 0.974 bits per heavy atom.